The second-order valence-corrected chi connectivity index (χ2v) is 11.2. The summed E-state index contributed by atoms with van der Waals surface area (Å²) in [6, 6.07) is 23.1. The van der Waals surface area contributed by atoms with Crippen LogP contribution in [0.25, 0.3) is 22.3 Å². The van der Waals surface area contributed by atoms with Crippen molar-refractivity contribution in [3.8, 4) is 23.0 Å². The standard InChI is InChI=1S/C34H21BrO9/c35-27-15-21(7-14-28(27)39)32-31(20-5-12-24(38)13-6-20)33(25(16-29(40)42-33)18-1-8-22(36)9-2-18)44-34(32)26(17-30(41)43-34)19-3-10-23(37)11-4-19/h1-17,36-39H/t33-,34-/m0/s1. The summed E-state index contributed by atoms with van der Waals surface area (Å²) in [4.78, 5) is 26.4. The van der Waals surface area contributed by atoms with E-state index in [1.165, 1.54) is 54.6 Å². The van der Waals surface area contributed by atoms with Crippen molar-refractivity contribution >= 4 is 50.2 Å². The molecule has 0 fully saturated rings. The van der Waals surface area contributed by atoms with Crippen molar-refractivity contribution in [3.63, 3.8) is 0 Å². The minimum atomic E-state index is -2.00. The smallest absolute Gasteiger partial charge is 0.334 e. The van der Waals surface area contributed by atoms with Crippen molar-refractivity contribution in [1.82, 2.24) is 0 Å². The Morgan fingerprint density at radius 3 is 1.34 bits per heavy atom. The summed E-state index contributed by atoms with van der Waals surface area (Å²) < 4.78 is 19.4. The number of carbonyl (C=O) groups excluding carboxylic acids is 2. The zero-order valence-corrected chi connectivity index (χ0v) is 24.1. The summed E-state index contributed by atoms with van der Waals surface area (Å²) >= 11 is 3.38. The van der Waals surface area contributed by atoms with Crippen molar-refractivity contribution in [2.45, 2.75) is 11.6 Å². The molecule has 7 rings (SSSR count). The lowest BCUT2D eigenvalue weighted by Gasteiger charge is -2.34. The van der Waals surface area contributed by atoms with Gasteiger partial charge in [0.25, 0.3) is 11.6 Å². The zero-order valence-electron chi connectivity index (χ0n) is 22.5. The van der Waals surface area contributed by atoms with Crippen LogP contribution in [0, 0.1) is 0 Å². The number of hydrogen-bond acceptors (Lipinski definition) is 9. The van der Waals surface area contributed by atoms with Gasteiger partial charge in [-0.1, -0.05) is 42.5 Å². The lowest BCUT2D eigenvalue weighted by molar-refractivity contribution is -0.232. The van der Waals surface area contributed by atoms with Gasteiger partial charge in [-0.2, -0.15) is 0 Å². The van der Waals surface area contributed by atoms with E-state index in [-0.39, 0.29) is 39.7 Å². The average molecular weight is 653 g/mol. The lowest BCUT2D eigenvalue weighted by atomic mass is 9.81. The maximum atomic E-state index is 13.2. The van der Waals surface area contributed by atoms with E-state index >= 15 is 0 Å². The molecule has 3 aliphatic heterocycles. The Kier molecular flexibility index (Phi) is 6.17. The predicted molar refractivity (Wildman–Crippen MR) is 162 cm³/mol. The molecule has 3 aliphatic rings. The van der Waals surface area contributed by atoms with Crippen molar-refractivity contribution in [2.75, 3.05) is 0 Å². The van der Waals surface area contributed by atoms with Gasteiger partial charge >= 0.3 is 11.9 Å². The number of rotatable bonds is 4. The third kappa shape index (κ3) is 4.18. The molecular formula is C34H21BrO9. The number of esters is 2. The number of phenols is 4. The second-order valence-electron chi connectivity index (χ2n) is 10.4. The van der Waals surface area contributed by atoms with Crippen LogP contribution in [0.5, 0.6) is 23.0 Å². The van der Waals surface area contributed by atoms with Crippen molar-refractivity contribution in [3.05, 3.63) is 130 Å². The van der Waals surface area contributed by atoms with Crippen LogP contribution in [-0.2, 0) is 23.8 Å². The molecule has 0 aromatic heterocycles. The van der Waals surface area contributed by atoms with Crippen LogP contribution in [0.3, 0.4) is 0 Å². The fraction of sp³-hybridized carbons (Fsp3) is 0.0588. The van der Waals surface area contributed by atoms with Crippen LogP contribution in [0.2, 0.25) is 0 Å². The molecule has 0 aliphatic carbocycles. The van der Waals surface area contributed by atoms with Crippen molar-refractivity contribution in [1.29, 1.82) is 0 Å². The van der Waals surface area contributed by atoms with E-state index in [1.807, 2.05) is 0 Å². The van der Waals surface area contributed by atoms with Gasteiger partial charge in [0, 0.05) is 34.4 Å². The maximum Gasteiger partial charge on any atom is 0.334 e. The number of hydrogen-bond donors (Lipinski definition) is 4. The number of benzene rings is 4. The normalized spacial score (nSPS) is 22.4. The van der Waals surface area contributed by atoms with E-state index in [9.17, 15) is 30.0 Å². The lowest BCUT2D eigenvalue weighted by Crippen LogP contribution is -2.41. The molecule has 0 amide bonds. The number of aromatic hydroxyl groups is 4. The Balaban J connectivity index is 1.60. The monoisotopic (exact) mass is 652 g/mol. The number of halogens is 1. The third-order valence-corrected chi connectivity index (χ3v) is 8.30. The molecule has 44 heavy (non-hydrogen) atoms. The molecule has 218 valence electrons. The maximum absolute atomic E-state index is 13.2. The Morgan fingerprint density at radius 1 is 0.523 bits per heavy atom. The Hall–Kier alpha value is -5.32. The highest BCUT2D eigenvalue weighted by Gasteiger charge is 2.67. The SMILES string of the molecule is O=C1C=C(c2ccc(O)cc2)[C@]2(O1)O[C@]1(OC(=O)C=C1c1ccc(O)cc1)C(c1ccc(O)c(Br)c1)=C2c1ccc(O)cc1. The summed E-state index contributed by atoms with van der Waals surface area (Å²) in [5.74, 6) is -5.51. The van der Waals surface area contributed by atoms with E-state index in [0.717, 1.165) is 0 Å². The predicted octanol–water partition coefficient (Wildman–Crippen LogP) is 5.89. The molecule has 3 heterocycles. The highest BCUT2D eigenvalue weighted by Crippen LogP contribution is 2.63. The molecule has 2 spiro atoms. The molecule has 4 aromatic carbocycles. The summed E-state index contributed by atoms with van der Waals surface area (Å²) in [7, 11) is 0. The first-order valence-corrected chi connectivity index (χ1v) is 14.1. The largest absolute Gasteiger partial charge is 0.508 e. The Labute approximate surface area is 258 Å². The van der Waals surface area contributed by atoms with E-state index in [4.69, 9.17) is 14.2 Å². The fourth-order valence-electron chi connectivity index (χ4n) is 5.82. The van der Waals surface area contributed by atoms with Gasteiger partial charge in [-0.15, -0.1) is 0 Å². The summed E-state index contributed by atoms with van der Waals surface area (Å²) in [5, 5.41) is 40.5. The molecule has 0 saturated carbocycles. The van der Waals surface area contributed by atoms with Gasteiger partial charge < -0.3 is 29.9 Å². The molecule has 0 bridgehead atoms. The molecule has 2 atom stereocenters. The minimum Gasteiger partial charge on any atom is -0.508 e. The van der Waals surface area contributed by atoms with Gasteiger partial charge in [0.15, 0.2) is 0 Å². The Morgan fingerprint density at radius 2 is 0.909 bits per heavy atom. The number of carbonyl (C=O) groups is 2. The van der Waals surface area contributed by atoms with Gasteiger partial charge in [0.2, 0.25) is 0 Å². The molecule has 0 unspecified atom stereocenters. The number of ether oxygens (including phenoxy) is 3. The highest BCUT2D eigenvalue weighted by atomic mass is 79.9. The van der Waals surface area contributed by atoms with Crippen molar-refractivity contribution in [2.24, 2.45) is 0 Å². The first-order valence-electron chi connectivity index (χ1n) is 13.3. The topological polar surface area (TPSA) is 143 Å². The Bertz CT molecular complexity index is 1960. The molecule has 4 N–H and O–H groups in total. The van der Waals surface area contributed by atoms with E-state index < -0.39 is 23.5 Å². The fourth-order valence-corrected chi connectivity index (χ4v) is 6.20. The van der Waals surface area contributed by atoms with Crippen LogP contribution in [0.15, 0.2) is 108 Å². The molecule has 0 radical (unpaired) electrons. The van der Waals surface area contributed by atoms with Crippen LogP contribution in [0.1, 0.15) is 22.3 Å². The van der Waals surface area contributed by atoms with Crippen LogP contribution in [-0.4, -0.2) is 43.9 Å². The van der Waals surface area contributed by atoms with E-state index in [1.54, 1.807) is 48.5 Å². The first kappa shape index (κ1) is 27.5. The van der Waals surface area contributed by atoms with Gasteiger partial charge in [-0.25, -0.2) is 9.59 Å². The van der Waals surface area contributed by atoms with Crippen LogP contribution >= 0.6 is 15.9 Å². The summed E-state index contributed by atoms with van der Waals surface area (Å²) in [6.45, 7) is 0. The van der Waals surface area contributed by atoms with E-state index in [0.29, 0.717) is 32.3 Å². The van der Waals surface area contributed by atoms with Gasteiger partial charge in [-0.3, -0.25) is 4.74 Å². The zero-order chi connectivity index (χ0) is 30.8. The first-order chi connectivity index (χ1) is 21.1. The van der Waals surface area contributed by atoms with E-state index in [2.05, 4.69) is 15.9 Å². The summed E-state index contributed by atoms with van der Waals surface area (Å²) in [5.41, 5.74) is 2.98. The minimum absolute atomic E-state index is 0.00254. The molecular weight excluding hydrogens is 632 g/mol. The average Bonchev–Trinajstić information content (AvgIpc) is 3.60. The second kappa shape index (κ2) is 9.87. The van der Waals surface area contributed by atoms with Crippen molar-refractivity contribution < 1.29 is 44.2 Å². The van der Waals surface area contributed by atoms with Crippen LogP contribution < -0.4 is 0 Å². The quantitative estimate of drug-likeness (QED) is 0.199. The molecule has 10 heteroatoms. The van der Waals surface area contributed by atoms with Gasteiger partial charge in [0.1, 0.15) is 23.0 Å². The van der Waals surface area contributed by atoms with Gasteiger partial charge in [-0.05, 0) is 86.7 Å². The molecule has 9 nitrogen and oxygen atoms in total. The highest BCUT2D eigenvalue weighted by molar-refractivity contribution is 9.10. The third-order valence-electron chi connectivity index (χ3n) is 7.67. The molecule has 4 aromatic rings. The van der Waals surface area contributed by atoms with Crippen LogP contribution in [0.4, 0.5) is 0 Å². The van der Waals surface area contributed by atoms with Gasteiger partial charge in [0.05, 0.1) is 4.47 Å². The summed E-state index contributed by atoms with van der Waals surface area (Å²) in [6.07, 6.45) is 2.55. The number of phenolic OH excluding ortho intramolecular Hbond substituents is 4. The molecule has 0 saturated heterocycles.